The van der Waals surface area contributed by atoms with Gasteiger partial charge in [-0.2, -0.15) is 0 Å². The van der Waals surface area contributed by atoms with E-state index in [2.05, 4.69) is 15.5 Å². The SMILES string of the molecule is COc1ccc(-c2noc([C@@H](C)NC(=O)c3cccnc3)c2C(=O)O)cc1. The van der Waals surface area contributed by atoms with Crippen LogP contribution in [0.1, 0.15) is 39.4 Å². The molecule has 1 atom stereocenters. The molecule has 2 heterocycles. The number of ether oxygens (including phenoxy) is 1. The maximum Gasteiger partial charge on any atom is 0.341 e. The smallest absolute Gasteiger partial charge is 0.341 e. The van der Waals surface area contributed by atoms with E-state index in [1.54, 1.807) is 56.6 Å². The van der Waals surface area contributed by atoms with Crippen LogP contribution in [-0.2, 0) is 0 Å². The molecule has 27 heavy (non-hydrogen) atoms. The molecule has 0 aliphatic heterocycles. The maximum absolute atomic E-state index is 12.3. The second-order valence-corrected chi connectivity index (χ2v) is 5.74. The second-order valence-electron chi connectivity index (χ2n) is 5.74. The fraction of sp³-hybridized carbons (Fsp3) is 0.158. The number of carbonyl (C=O) groups is 2. The predicted octanol–water partition coefficient (Wildman–Crippen LogP) is 2.93. The van der Waals surface area contributed by atoms with Gasteiger partial charge in [0, 0.05) is 18.0 Å². The number of carboxylic acids is 1. The van der Waals surface area contributed by atoms with Crippen molar-refractivity contribution in [2.24, 2.45) is 0 Å². The van der Waals surface area contributed by atoms with E-state index >= 15 is 0 Å². The second kappa shape index (κ2) is 7.69. The molecule has 1 amide bonds. The highest BCUT2D eigenvalue weighted by Crippen LogP contribution is 2.30. The van der Waals surface area contributed by atoms with Gasteiger partial charge in [-0.3, -0.25) is 9.78 Å². The number of carboxylic acid groups (broad SMARTS) is 1. The van der Waals surface area contributed by atoms with Gasteiger partial charge >= 0.3 is 5.97 Å². The number of aromatic carboxylic acids is 1. The average Bonchev–Trinajstić information content (AvgIpc) is 3.14. The minimum atomic E-state index is -1.19. The molecule has 1 aromatic carbocycles. The normalized spacial score (nSPS) is 11.6. The number of amides is 1. The topological polar surface area (TPSA) is 115 Å². The van der Waals surface area contributed by atoms with Crippen molar-refractivity contribution in [3.63, 3.8) is 0 Å². The summed E-state index contributed by atoms with van der Waals surface area (Å²) in [6.07, 6.45) is 2.98. The largest absolute Gasteiger partial charge is 0.497 e. The van der Waals surface area contributed by atoms with Gasteiger partial charge in [-0.05, 0) is 43.3 Å². The number of hydrogen-bond donors (Lipinski definition) is 2. The van der Waals surface area contributed by atoms with Crippen LogP contribution in [-0.4, -0.2) is 34.2 Å². The molecule has 8 heteroatoms. The van der Waals surface area contributed by atoms with Gasteiger partial charge in [0.05, 0.1) is 18.7 Å². The van der Waals surface area contributed by atoms with E-state index in [0.29, 0.717) is 16.9 Å². The predicted molar refractivity (Wildman–Crippen MR) is 95.6 cm³/mol. The molecule has 2 N–H and O–H groups in total. The summed E-state index contributed by atoms with van der Waals surface area (Å²) in [6, 6.07) is 9.31. The number of pyridine rings is 1. The molecular weight excluding hydrogens is 350 g/mol. The third-order valence-electron chi connectivity index (χ3n) is 3.96. The molecular formula is C19H17N3O5. The van der Waals surface area contributed by atoms with E-state index in [0.717, 1.165) is 0 Å². The zero-order valence-electron chi connectivity index (χ0n) is 14.7. The monoisotopic (exact) mass is 367 g/mol. The average molecular weight is 367 g/mol. The van der Waals surface area contributed by atoms with Crippen molar-refractivity contribution in [2.75, 3.05) is 7.11 Å². The highest BCUT2D eigenvalue weighted by molar-refractivity contribution is 5.97. The van der Waals surface area contributed by atoms with Gasteiger partial charge < -0.3 is 19.7 Å². The van der Waals surface area contributed by atoms with Crippen molar-refractivity contribution in [3.05, 3.63) is 65.7 Å². The minimum absolute atomic E-state index is 0.0607. The van der Waals surface area contributed by atoms with E-state index < -0.39 is 17.9 Å². The molecule has 0 spiro atoms. The quantitative estimate of drug-likeness (QED) is 0.688. The Bertz CT molecular complexity index is 951. The molecule has 0 aliphatic rings. The lowest BCUT2D eigenvalue weighted by atomic mass is 10.0. The summed E-state index contributed by atoms with van der Waals surface area (Å²) in [4.78, 5) is 28.0. The molecule has 138 valence electrons. The van der Waals surface area contributed by atoms with E-state index in [-0.39, 0.29) is 17.0 Å². The summed E-state index contributed by atoms with van der Waals surface area (Å²) >= 11 is 0. The van der Waals surface area contributed by atoms with Crippen molar-refractivity contribution in [3.8, 4) is 17.0 Å². The highest BCUT2D eigenvalue weighted by atomic mass is 16.5. The third kappa shape index (κ3) is 3.79. The molecule has 8 nitrogen and oxygen atoms in total. The number of nitrogens with zero attached hydrogens (tertiary/aromatic N) is 2. The van der Waals surface area contributed by atoms with Gasteiger partial charge in [0.25, 0.3) is 5.91 Å². The summed E-state index contributed by atoms with van der Waals surface area (Å²) in [7, 11) is 1.54. The van der Waals surface area contributed by atoms with Gasteiger partial charge in [0.2, 0.25) is 0 Å². The first-order valence-corrected chi connectivity index (χ1v) is 8.09. The van der Waals surface area contributed by atoms with Crippen LogP contribution in [0, 0.1) is 0 Å². The number of hydrogen-bond acceptors (Lipinski definition) is 6. The summed E-state index contributed by atoms with van der Waals surface area (Å²) in [5.41, 5.74) is 1.01. The van der Waals surface area contributed by atoms with Gasteiger partial charge in [0.15, 0.2) is 5.76 Å². The lowest BCUT2D eigenvalue weighted by Crippen LogP contribution is -2.27. The van der Waals surface area contributed by atoms with Crippen LogP contribution in [0.3, 0.4) is 0 Å². The highest BCUT2D eigenvalue weighted by Gasteiger charge is 2.28. The minimum Gasteiger partial charge on any atom is -0.497 e. The van der Waals surface area contributed by atoms with Crippen molar-refractivity contribution < 1.29 is 24.0 Å². The summed E-state index contributed by atoms with van der Waals surface area (Å²) in [5, 5.41) is 16.2. The Morgan fingerprint density at radius 3 is 2.56 bits per heavy atom. The van der Waals surface area contributed by atoms with E-state index in [9.17, 15) is 14.7 Å². The summed E-state index contributed by atoms with van der Waals surface area (Å²) < 4.78 is 10.4. The zero-order valence-corrected chi connectivity index (χ0v) is 14.7. The van der Waals surface area contributed by atoms with E-state index in [1.807, 2.05) is 0 Å². The van der Waals surface area contributed by atoms with Crippen LogP contribution >= 0.6 is 0 Å². The van der Waals surface area contributed by atoms with Crippen LogP contribution < -0.4 is 10.1 Å². The van der Waals surface area contributed by atoms with Crippen LogP contribution in [0.5, 0.6) is 5.75 Å². The van der Waals surface area contributed by atoms with Gasteiger partial charge in [-0.25, -0.2) is 4.79 Å². The lowest BCUT2D eigenvalue weighted by molar-refractivity contribution is 0.0692. The number of nitrogens with one attached hydrogen (secondary N) is 1. The maximum atomic E-state index is 12.3. The summed E-state index contributed by atoms with van der Waals surface area (Å²) in [6.45, 7) is 1.62. The fourth-order valence-corrected chi connectivity index (χ4v) is 2.59. The molecule has 0 bridgehead atoms. The standard InChI is InChI=1S/C19H17N3O5/c1-11(21-18(23)13-4-3-9-20-10-13)17-15(19(24)25)16(22-27-17)12-5-7-14(26-2)8-6-12/h3-11H,1-2H3,(H,21,23)(H,24,25)/t11-/m1/s1. The van der Waals surface area contributed by atoms with Crippen molar-refractivity contribution in [1.29, 1.82) is 0 Å². The fourth-order valence-electron chi connectivity index (χ4n) is 2.59. The van der Waals surface area contributed by atoms with Gasteiger partial charge in [-0.15, -0.1) is 0 Å². The molecule has 0 saturated carbocycles. The van der Waals surface area contributed by atoms with E-state index in [4.69, 9.17) is 9.26 Å². The Kier molecular flexibility index (Phi) is 5.16. The first-order chi connectivity index (χ1) is 13.0. The van der Waals surface area contributed by atoms with Gasteiger partial charge in [-0.1, -0.05) is 5.16 Å². The van der Waals surface area contributed by atoms with Gasteiger partial charge in [0.1, 0.15) is 17.0 Å². The van der Waals surface area contributed by atoms with E-state index in [1.165, 1.54) is 6.20 Å². The molecule has 3 aromatic rings. The molecule has 0 aliphatic carbocycles. The zero-order chi connectivity index (χ0) is 19.4. The van der Waals surface area contributed by atoms with Crippen LogP contribution in [0.2, 0.25) is 0 Å². The molecule has 0 unspecified atom stereocenters. The molecule has 0 fully saturated rings. The van der Waals surface area contributed by atoms with Crippen LogP contribution in [0.15, 0.2) is 53.3 Å². The third-order valence-corrected chi connectivity index (χ3v) is 3.96. The Balaban J connectivity index is 1.90. The lowest BCUT2D eigenvalue weighted by Gasteiger charge is -2.11. The first kappa shape index (κ1) is 18.1. The van der Waals surface area contributed by atoms with Crippen molar-refractivity contribution in [2.45, 2.75) is 13.0 Å². The number of methoxy groups -OCH3 is 1. The number of carbonyl (C=O) groups excluding carboxylic acids is 1. The van der Waals surface area contributed by atoms with Crippen LogP contribution in [0.4, 0.5) is 0 Å². The summed E-state index contributed by atoms with van der Waals surface area (Å²) in [5.74, 6) is -0.893. The Hall–Kier alpha value is -3.68. The molecule has 0 saturated heterocycles. The molecule has 2 aromatic heterocycles. The molecule has 0 radical (unpaired) electrons. The molecule has 3 rings (SSSR count). The van der Waals surface area contributed by atoms with Crippen molar-refractivity contribution in [1.82, 2.24) is 15.5 Å². The Morgan fingerprint density at radius 1 is 1.22 bits per heavy atom. The number of aromatic nitrogens is 2. The number of rotatable bonds is 6. The Morgan fingerprint density at radius 2 is 1.96 bits per heavy atom. The van der Waals surface area contributed by atoms with Crippen LogP contribution in [0.25, 0.3) is 11.3 Å². The number of benzene rings is 1. The van der Waals surface area contributed by atoms with Crippen molar-refractivity contribution >= 4 is 11.9 Å². The first-order valence-electron chi connectivity index (χ1n) is 8.09. The Labute approximate surface area is 154 Å².